The van der Waals surface area contributed by atoms with Crippen LogP contribution in [0.25, 0.3) is 10.9 Å². The molecule has 4 N–H and O–H groups in total. The van der Waals surface area contributed by atoms with Crippen molar-refractivity contribution in [1.82, 2.24) is 15.7 Å². The molecule has 8 nitrogen and oxygen atoms in total. The first-order valence-corrected chi connectivity index (χ1v) is 12.5. The highest BCUT2D eigenvalue weighted by Gasteiger charge is 2.23. The number of carbonyl (C=O) groups is 2. The number of rotatable bonds is 8. The molecule has 0 aliphatic carbocycles. The van der Waals surface area contributed by atoms with Crippen molar-refractivity contribution in [1.29, 1.82) is 0 Å². The Balaban J connectivity index is 1.47. The number of halogens is 2. The van der Waals surface area contributed by atoms with E-state index in [0.29, 0.717) is 14.5 Å². The number of aromatic hydroxyl groups is 1. The van der Waals surface area contributed by atoms with Crippen molar-refractivity contribution in [3.05, 3.63) is 98.6 Å². The topological polar surface area (TPSA) is 116 Å². The summed E-state index contributed by atoms with van der Waals surface area (Å²) in [6, 6.07) is 19.3. The van der Waals surface area contributed by atoms with Crippen molar-refractivity contribution >= 4 is 61.0 Å². The Labute approximate surface area is 224 Å². The van der Waals surface area contributed by atoms with E-state index in [0.717, 1.165) is 22.0 Å². The molecule has 0 spiro atoms. The van der Waals surface area contributed by atoms with Gasteiger partial charge < -0.3 is 20.1 Å². The van der Waals surface area contributed by atoms with Gasteiger partial charge in [0.05, 0.1) is 15.2 Å². The van der Waals surface area contributed by atoms with Crippen LogP contribution >= 0.6 is 31.9 Å². The SMILES string of the molecule is O=C(N[C@@H](Cc1c[nH]c2ccccc12)C(=O)N/N=C\c1cc(Br)c(O)c(Br)c1)OCc1ccccc1. The Kier molecular flexibility index (Phi) is 8.40. The molecule has 0 radical (unpaired) electrons. The number of aromatic amines is 1. The molecule has 2 amide bonds. The van der Waals surface area contributed by atoms with E-state index in [2.05, 4.69) is 52.7 Å². The number of nitrogens with one attached hydrogen (secondary N) is 3. The lowest BCUT2D eigenvalue weighted by molar-refractivity contribution is -0.123. The number of H-pyrrole nitrogens is 1. The Bertz CT molecular complexity index is 1380. The first kappa shape index (κ1) is 25.5. The number of phenolic OH excluding ortho intramolecular Hbond substituents is 1. The Hall–Kier alpha value is -3.63. The highest BCUT2D eigenvalue weighted by molar-refractivity contribution is 9.11. The molecular weight excluding hydrogens is 592 g/mol. The molecule has 1 aromatic heterocycles. The zero-order valence-corrected chi connectivity index (χ0v) is 22.0. The molecule has 36 heavy (non-hydrogen) atoms. The van der Waals surface area contributed by atoms with Gasteiger partial charge in [0.2, 0.25) is 0 Å². The minimum absolute atomic E-state index is 0.0631. The predicted octanol–water partition coefficient (Wildman–Crippen LogP) is 5.39. The fourth-order valence-electron chi connectivity index (χ4n) is 3.54. The average Bonchev–Trinajstić information content (AvgIpc) is 3.29. The minimum Gasteiger partial charge on any atom is -0.506 e. The molecule has 0 bridgehead atoms. The Morgan fingerprint density at radius 3 is 2.50 bits per heavy atom. The monoisotopic (exact) mass is 612 g/mol. The lowest BCUT2D eigenvalue weighted by Gasteiger charge is -2.17. The lowest BCUT2D eigenvalue weighted by atomic mass is 10.0. The van der Waals surface area contributed by atoms with Crippen LogP contribution in [0.4, 0.5) is 4.79 Å². The van der Waals surface area contributed by atoms with Crippen molar-refractivity contribution < 1.29 is 19.4 Å². The summed E-state index contributed by atoms with van der Waals surface area (Å²) in [4.78, 5) is 28.7. The van der Waals surface area contributed by atoms with Gasteiger partial charge in [-0.1, -0.05) is 48.5 Å². The van der Waals surface area contributed by atoms with Crippen LogP contribution in [0.2, 0.25) is 0 Å². The molecular formula is C26H22Br2N4O4. The number of phenols is 1. The predicted molar refractivity (Wildman–Crippen MR) is 145 cm³/mol. The van der Waals surface area contributed by atoms with E-state index in [-0.39, 0.29) is 18.8 Å². The number of amides is 2. The molecule has 10 heteroatoms. The zero-order valence-electron chi connectivity index (χ0n) is 18.9. The third-order valence-corrected chi connectivity index (χ3v) is 6.56. The first-order valence-electron chi connectivity index (χ1n) is 10.9. The number of para-hydroxylation sites is 1. The molecule has 0 saturated heterocycles. The molecule has 0 saturated carbocycles. The molecule has 1 atom stereocenters. The summed E-state index contributed by atoms with van der Waals surface area (Å²) in [5.74, 6) is -0.446. The van der Waals surface area contributed by atoms with Crippen molar-refractivity contribution in [3.63, 3.8) is 0 Å². The van der Waals surface area contributed by atoms with Gasteiger partial charge in [-0.3, -0.25) is 4.79 Å². The molecule has 3 aromatic carbocycles. The van der Waals surface area contributed by atoms with Crippen LogP contribution in [-0.2, 0) is 22.6 Å². The largest absolute Gasteiger partial charge is 0.506 e. The van der Waals surface area contributed by atoms with E-state index in [1.54, 1.807) is 12.1 Å². The van der Waals surface area contributed by atoms with Gasteiger partial charge in [-0.2, -0.15) is 5.10 Å². The molecule has 0 unspecified atom stereocenters. The van der Waals surface area contributed by atoms with Gasteiger partial charge in [-0.25, -0.2) is 10.2 Å². The summed E-state index contributed by atoms with van der Waals surface area (Å²) < 4.78 is 6.27. The molecule has 4 rings (SSSR count). The Morgan fingerprint density at radius 2 is 1.75 bits per heavy atom. The molecule has 0 aliphatic heterocycles. The van der Waals surface area contributed by atoms with Crippen LogP contribution in [0.15, 0.2) is 87.0 Å². The zero-order chi connectivity index (χ0) is 25.5. The summed E-state index contributed by atoms with van der Waals surface area (Å²) in [5.41, 5.74) is 5.75. The summed E-state index contributed by atoms with van der Waals surface area (Å²) in [7, 11) is 0. The number of carbonyl (C=O) groups excluding carboxylic acids is 2. The molecule has 1 heterocycles. The van der Waals surface area contributed by atoms with Gasteiger partial charge in [-0.05, 0) is 66.7 Å². The summed E-state index contributed by atoms with van der Waals surface area (Å²) in [5, 5.41) is 17.5. The summed E-state index contributed by atoms with van der Waals surface area (Å²) in [6.07, 6.45) is 2.76. The van der Waals surface area contributed by atoms with E-state index in [1.165, 1.54) is 6.21 Å². The summed E-state index contributed by atoms with van der Waals surface area (Å²) >= 11 is 6.52. The van der Waals surface area contributed by atoms with Crippen LogP contribution in [0.3, 0.4) is 0 Å². The van der Waals surface area contributed by atoms with Crippen LogP contribution < -0.4 is 10.7 Å². The smallest absolute Gasteiger partial charge is 0.408 e. The fourth-order valence-corrected chi connectivity index (χ4v) is 4.77. The third kappa shape index (κ3) is 6.52. The Morgan fingerprint density at radius 1 is 1.06 bits per heavy atom. The van der Waals surface area contributed by atoms with Gasteiger partial charge in [0.25, 0.3) is 5.91 Å². The number of alkyl carbamates (subject to hydrolysis) is 1. The lowest BCUT2D eigenvalue weighted by Crippen LogP contribution is -2.47. The fraction of sp³-hybridized carbons (Fsp3) is 0.115. The first-order chi connectivity index (χ1) is 17.4. The van der Waals surface area contributed by atoms with E-state index < -0.39 is 18.0 Å². The second-order valence-electron chi connectivity index (χ2n) is 7.89. The van der Waals surface area contributed by atoms with E-state index in [4.69, 9.17) is 4.74 Å². The maximum Gasteiger partial charge on any atom is 0.408 e. The van der Waals surface area contributed by atoms with Crippen LogP contribution in [0.1, 0.15) is 16.7 Å². The third-order valence-electron chi connectivity index (χ3n) is 5.35. The van der Waals surface area contributed by atoms with Gasteiger partial charge in [0.1, 0.15) is 18.4 Å². The number of hydrogen-bond donors (Lipinski definition) is 4. The summed E-state index contributed by atoms with van der Waals surface area (Å²) in [6.45, 7) is 0.0802. The number of hydrazone groups is 1. The van der Waals surface area contributed by atoms with Gasteiger partial charge in [0, 0.05) is 23.5 Å². The van der Waals surface area contributed by atoms with Crippen molar-refractivity contribution in [2.45, 2.75) is 19.1 Å². The maximum atomic E-state index is 13.0. The van der Waals surface area contributed by atoms with E-state index in [1.807, 2.05) is 60.8 Å². The minimum atomic E-state index is -0.942. The highest BCUT2D eigenvalue weighted by atomic mass is 79.9. The second-order valence-corrected chi connectivity index (χ2v) is 9.60. The standard InChI is InChI=1S/C26H22Br2N4O4/c27-20-10-17(11-21(28)24(20)33)13-30-32-25(34)23(12-18-14-29-22-9-5-4-8-19(18)22)31-26(35)36-15-16-6-2-1-3-7-16/h1-11,13-14,23,29,33H,12,15H2,(H,31,35)(H,32,34)/b30-13-/t23-/m0/s1. The van der Waals surface area contributed by atoms with Crippen molar-refractivity contribution in [3.8, 4) is 5.75 Å². The van der Waals surface area contributed by atoms with Gasteiger partial charge in [-0.15, -0.1) is 0 Å². The average molecular weight is 614 g/mol. The van der Waals surface area contributed by atoms with Crippen LogP contribution in [0, 0.1) is 0 Å². The molecule has 0 aliphatic rings. The van der Waals surface area contributed by atoms with Gasteiger partial charge in [0.15, 0.2) is 0 Å². The van der Waals surface area contributed by atoms with Crippen LogP contribution in [-0.4, -0.2) is 34.3 Å². The van der Waals surface area contributed by atoms with Crippen molar-refractivity contribution in [2.24, 2.45) is 5.10 Å². The van der Waals surface area contributed by atoms with E-state index in [9.17, 15) is 14.7 Å². The van der Waals surface area contributed by atoms with Crippen molar-refractivity contribution in [2.75, 3.05) is 0 Å². The van der Waals surface area contributed by atoms with E-state index >= 15 is 0 Å². The number of benzene rings is 3. The van der Waals surface area contributed by atoms with Crippen LogP contribution in [0.5, 0.6) is 5.75 Å². The number of aromatic nitrogens is 1. The molecule has 0 fully saturated rings. The normalized spacial score (nSPS) is 11.9. The maximum absolute atomic E-state index is 13.0. The molecule has 184 valence electrons. The number of nitrogens with zero attached hydrogens (tertiary/aromatic N) is 1. The number of ether oxygens (including phenoxy) is 1. The number of hydrogen-bond acceptors (Lipinski definition) is 5. The highest BCUT2D eigenvalue weighted by Crippen LogP contribution is 2.32. The second kappa shape index (κ2) is 11.9. The quantitative estimate of drug-likeness (QED) is 0.158. The number of fused-ring (bicyclic) bond motifs is 1. The van der Waals surface area contributed by atoms with Gasteiger partial charge >= 0.3 is 6.09 Å². The molecule has 4 aromatic rings.